The first-order valence-corrected chi connectivity index (χ1v) is 6.11. The minimum absolute atomic E-state index is 0.185. The number of carbonyl (C=O) groups is 1. The molecule has 0 saturated heterocycles. The third-order valence-electron chi connectivity index (χ3n) is 3.09. The zero-order valence-electron chi connectivity index (χ0n) is 11.6. The highest BCUT2D eigenvalue weighted by Gasteiger charge is 2.15. The Morgan fingerprint density at radius 1 is 1.18 bits per heavy atom. The highest BCUT2D eigenvalue weighted by molar-refractivity contribution is 5.52. The molecule has 17 heavy (non-hydrogen) atoms. The average molecular weight is 233 g/mol. The lowest BCUT2D eigenvalue weighted by Crippen LogP contribution is -2.18. The highest BCUT2D eigenvalue weighted by Crippen LogP contribution is 2.26. The third kappa shape index (κ3) is 3.67. The predicted octanol–water partition coefficient (Wildman–Crippen LogP) is 2.89. The first-order valence-electron chi connectivity index (χ1n) is 6.11. The molecule has 0 aliphatic carbocycles. The third-order valence-corrected chi connectivity index (χ3v) is 3.09. The first kappa shape index (κ1) is 13.9. The van der Waals surface area contributed by atoms with Crippen molar-refractivity contribution < 1.29 is 4.79 Å². The number of aldehydes is 1. The van der Waals surface area contributed by atoms with E-state index < -0.39 is 0 Å². The fourth-order valence-corrected chi connectivity index (χ4v) is 1.96. The van der Waals surface area contributed by atoms with E-state index in [0.717, 1.165) is 12.8 Å². The molecule has 1 N–H and O–H groups in total. The Balaban J connectivity index is 2.98. The molecule has 0 fully saturated rings. The van der Waals surface area contributed by atoms with Crippen molar-refractivity contribution >= 4 is 6.29 Å². The molecule has 0 unspecified atom stereocenters. The molecule has 0 atom stereocenters. The maximum atomic E-state index is 10.3. The molecule has 1 aromatic rings. The summed E-state index contributed by atoms with van der Waals surface area (Å²) in [5.41, 5.74) is 5.46. The fourth-order valence-electron chi connectivity index (χ4n) is 1.96. The van der Waals surface area contributed by atoms with Gasteiger partial charge in [0.25, 0.3) is 0 Å². The van der Waals surface area contributed by atoms with Crippen LogP contribution in [0.5, 0.6) is 0 Å². The minimum atomic E-state index is 0.185. The molecular weight excluding hydrogens is 210 g/mol. The van der Waals surface area contributed by atoms with Gasteiger partial charge in [-0.3, -0.25) is 0 Å². The van der Waals surface area contributed by atoms with Crippen LogP contribution < -0.4 is 5.32 Å². The summed E-state index contributed by atoms with van der Waals surface area (Å²) in [7, 11) is 0. The van der Waals surface area contributed by atoms with E-state index in [-0.39, 0.29) is 5.41 Å². The van der Waals surface area contributed by atoms with Gasteiger partial charge in [-0.05, 0) is 41.5 Å². The van der Waals surface area contributed by atoms with Crippen LogP contribution in [-0.2, 0) is 16.8 Å². The number of hydrogen-bond donors (Lipinski definition) is 1. The Labute approximate surface area is 104 Å². The fraction of sp³-hybridized carbons (Fsp3) is 0.533. The van der Waals surface area contributed by atoms with Crippen molar-refractivity contribution in [2.24, 2.45) is 0 Å². The molecular formula is C15H23NO. The molecule has 0 heterocycles. The van der Waals surface area contributed by atoms with Crippen molar-refractivity contribution in [3.63, 3.8) is 0 Å². The first-order chi connectivity index (χ1) is 7.86. The summed E-state index contributed by atoms with van der Waals surface area (Å²) in [4.78, 5) is 10.3. The van der Waals surface area contributed by atoms with Crippen LogP contribution in [0.1, 0.15) is 43.0 Å². The summed E-state index contributed by atoms with van der Waals surface area (Å²) >= 11 is 0. The SMILES string of the molecule is Cc1cc(C(C)(C)C)cc(C)c1CNCC=O. The van der Waals surface area contributed by atoms with Crippen molar-refractivity contribution in [1.29, 1.82) is 0 Å². The van der Waals surface area contributed by atoms with Crippen LogP contribution in [0.4, 0.5) is 0 Å². The topological polar surface area (TPSA) is 29.1 Å². The lowest BCUT2D eigenvalue weighted by Gasteiger charge is -2.22. The normalized spacial score (nSPS) is 11.6. The molecule has 0 spiro atoms. The van der Waals surface area contributed by atoms with Gasteiger partial charge >= 0.3 is 0 Å². The second-order valence-corrected chi connectivity index (χ2v) is 5.64. The van der Waals surface area contributed by atoms with E-state index in [1.807, 2.05) is 0 Å². The molecule has 0 aliphatic heterocycles. The second kappa shape index (κ2) is 5.46. The van der Waals surface area contributed by atoms with Gasteiger partial charge in [0.05, 0.1) is 6.54 Å². The number of hydrogen-bond acceptors (Lipinski definition) is 2. The lowest BCUT2D eigenvalue weighted by molar-refractivity contribution is -0.107. The maximum Gasteiger partial charge on any atom is 0.133 e. The Morgan fingerprint density at radius 2 is 1.71 bits per heavy atom. The molecule has 0 aromatic heterocycles. The van der Waals surface area contributed by atoms with Crippen LogP contribution in [-0.4, -0.2) is 12.8 Å². The number of benzene rings is 1. The summed E-state index contributed by atoms with van der Waals surface area (Å²) in [6.07, 6.45) is 0.897. The van der Waals surface area contributed by atoms with E-state index in [4.69, 9.17) is 0 Å². The molecule has 2 nitrogen and oxygen atoms in total. The van der Waals surface area contributed by atoms with E-state index in [9.17, 15) is 4.79 Å². The van der Waals surface area contributed by atoms with Crippen molar-refractivity contribution in [1.82, 2.24) is 5.32 Å². The van der Waals surface area contributed by atoms with Crippen molar-refractivity contribution in [2.75, 3.05) is 6.54 Å². The van der Waals surface area contributed by atoms with Gasteiger partial charge in [-0.2, -0.15) is 0 Å². The van der Waals surface area contributed by atoms with Crippen LogP contribution in [0, 0.1) is 13.8 Å². The quantitative estimate of drug-likeness (QED) is 0.640. The predicted molar refractivity (Wildman–Crippen MR) is 72.4 cm³/mol. The Kier molecular flexibility index (Phi) is 4.47. The van der Waals surface area contributed by atoms with Gasteiger partial charge in [-0.15, -0.1) is 0 Å². The van der Waals surface area contributed by atoms with Gasteiger partial charge < -0.3 is 10.1 Å². The van der Waals surface area contributed by atoms with Gasteiger partial charge in [0, 0.05) is 6.54 Å². The summed E-state index contributed by atoms with van der Waals surface area (Å²) in [6.45, 7) is 12.1. The smallest absolute Gasteiger partial charge is 0.133 e. The van der Waals surface area contributed by atoms with E-state index in [1.165, 1.54) is 22.3 Å². The van der Waals surface area contributed by atoms with Crippen molar-refractivity contribution in [3.8, 4) is 0 Å². The van der Waals surface area contributed by atoms with Crippen LogP contribution in [0.3, 0.4) is 0 Å². The van der Waals surface area contributed by atoms with Crippen LogP contribution in [0.2, 0.25) is 0 Å². The van der Waals surface area contributed by atoms with E-state index in [2.05, 4.69) is 52.1 Å². The Bertz CT molecular complexity index is 379. The summed E-state index contributed by atoms with van der Waals surface area (Å²) in [5, 5.41) is 3.12. The van der Waals surface area contributed by atoms with E-state index >= 15 is 0 Å². The summed E-state index contributed by atoms with van der Waals surface area (Å²) < 4.78 is 0. The number of carbonyl (C=O) groups excluding carboxylic acids is 1. The van der Waals surface area contributed by atoms with Crippen LogP contribution >= 0.6 is 0 Å². The van der Waals surface area contributed by atoms with Crippen molar-refractivity contribution in [3.05, 3.63) is 34.4 Å². The van der Waals surface area contributed by atoms with Crippen LogP contribution in [0.15, 0.2) is 12.1 Å². The molecule has 0 bridgehead atoms. The molecule has 2 heteroatoms. The number of rotatable bonds is 4. The van der Waals surface area contributed by atoms with Gasteiger partial charge in [-0.1, -0.05) is 32.9 Å². The second-order valence-electron chi connectivity index (χ2n) is 5.64. The molecule has 0 amide bonds. The highest BCUT2D eigenvalue weighted by atomic mass is 16.1. The zero-order chi connectivity index (χ0) is 13.1. The summed E-state index contributed by atoms with van der Waals surface area (Å²) in [5.74, 6) is 0. The average Bonchev–Trinajstić information content (AvgIpc) is 2.20. The standard InChI is InChI=1S/C15H23NO/c1-11-8-13(15(3,4)5)9-12(2)14(11)10-16-6-7-17/h7-9,16H,6,10H2,1-5H3. The van der Waals surface area contributed by atoms with E-state index in [0.29, 0.717) is 6.54 Å². The number of aryl methyl sites for hydroxylation is 2. The molecule has 0 aliphatic rings. The lowest BCUT2D eigenvalue weighted by atomic mass is 9.84. The molecule has 0 saturated carbocycles. The minimum Gasteiger partial charge on any atom is -0.306 e. The summed E-state index contributed by atoms with van der Waals surface area (Å²) in [6, 6.07) is 4.51. The van der Waals surface area contributed by atoms with Crippen LogP contribution in [0.25, 0.3) is 0 Å². The van der Waals surface area contributed by atoms with Gasteiger partial charge in [0.2, 0.25) is 0 Å². The number of nitrogens with one attached hydrogen (secondary N) is 1. The van der Waals surface area contributed by atoms with Gasteiger partial charge in [0.1, 0.15) is 6.29 Å². The Morgan fingerprint density at radius 3 is 2.12 bits per heavy atom. The molecule has 0 radical (unpaired) electrons. The van der Waals surface area contributed by atoms with Gasteiger partial charge in [0.15, 0.2) is 0 Å². The van der Waals surface area contributed by atoms with E-state index in [1.54, 1.807) is 0 Å². The monoisotopic (exact) mass is 233 g/mol. The molecule has 1 aromatic carbocycles. The largest absolute Gasteiger partial charge is 0.306 e. The van der Waals surface area contributed by atoms with Gasteiger partial charge in [-0.25, -0.2) is 0 Å². The molecule has 1 rings (SSSR count). The Hall–Kier alpha value is -1.15. The molecule has 94 valence electrons. The zero-order valence-corrected chi connectivity index (χ0v) is 11.6. The maximum absolute atomic E-state index is 10.3. The van der Waals surface area contributed by atoms with Crippen molar-refractivity contribution in [2.45, 2.75) is 46.6 Å².